The molecule has 1 aromatic heterocycles. The van der Waals surface area contributed by atoms with Crippen LogP contribution in [-0.4, -0.2) is 21.8 Å². The van der Waals surface area contributed by atoms with Gasteiger partial charge in [-0.3, -0.25) is 4.79 Å². The molecule has 1 heterocycles. The summed E-state index contributed by atoms with van der Waals surface area (Å²) in [6, 6.07) is 13.7. The van der Waals surface area contributed by atoms with E-state index in [1.165, 1.54) is 12.1 Å². The zero-order valence-electron chi connectivity index (χ0n) is 15.5. The van der Waals surface area contributed by atoms with Crippen LogP contribution in [0.15, 0.2) is 53.3 Å². The van der Waals surface area contributed by atoms with Gasteiger partial charge in [0.25, 0.3) is 5.56 Å². The first-order valence-corrected chi connectivity index (χ1v) is 8.61. The van der Waals surface area contributed by atoms with Gasteiger partial charge in [-0.05, 0) is 50.6 Å². The average Bonchev–Trinajstić information content (AvgIpc) is 2.59. The Kier molecular flexibility index (Phi) is 4.92. The van der Waals surface area contributed by atoms with Crippen LogP contribution in [0.2, 0.25) is 0 Å². The molecule has 5 heteroatoms. The molecule has 0 spiro atoms. The molecule has 3 aromatic rings. The number of hydrogen-bond acceptors (Lipinski definition) is 3. The monoisotopic (exact) mass is 354 g/mol. The Balaban J connectivity index is 2.14. The fourth-order valence-electron chi connectivity index (χ4n) is 2.89. The summed E-state index contributed by atoms with van der Waals surface area (Å²) < 4.78 is 20.9. The second-order valence-corrected chi connectivity index (χ2v) is 7.38. The Labute approximate surface area is 152 Å². The topological polar surface area (TPSA) is 44.1 Å². The Morgan fingerprint density at radius 1 is 1.12 bits per heavy atom. The second-order valence-electron chi connectivity index (χ2n) is 7.38. The molecule has 0 saturated carbocycles. The SMILES string of the molecule is Cn1c(=O)c(C(COC(C)(C)C)c2ccc(F)cc2)nc2ccccc21. The van der Waals surface area contributed by atoms with Crippen LogP contribution in [0.3, 0.4) is 0 Å². The summed E-state index contributed by atoms with van der Waals surface area (Å²) in [5, 5.41) is 0. The molecule has 0 radical (unpaired) electrons. The van der Waals surface area contributed by atoms with Crippen molar-refractivity contribution in [1.29, 1.82) is 0 Å². The van der Waals surface area contributed by atoms with Crippen molar-refractivity contribution in [2.24, 2.45) is 7.05 Å². The minimum Gasteiger partial charge on any atom is -0.375 e. The fourth-order valence-corrected chi connectivity index (χ4v) is 2.89. The highest BCUT2D eigenvalue weighted by Gasteiger charge is 2.24. The molecule has 0 fully saturated rings. The lowest BCUT2D eigenvalue weighted by molar-refractivity contribution is -0.00716. The Morgan fingerprint density at radius 2 is 1.77 bits per heavy atom. The van der Waals surface area contributed by atoms with Crippen LogP contribution in [0.1, 0.15) is 37.9 Å². The van der Waals surface area contributed by atoms with E-state index in [9.17, 15) is 9.18 Å². The number of para-hydroxylation sites is 2. The van der Waals surface area contributed by atoms with Crippen LogP contribution in [0.5, 0.6) is 0 Å². The Bertz CT molecular complexity index is 972. The van der Waals surface area contributed by atoms with Gasteiger partial charge >= 0.3 is 0 Å². The van der Waals surface area contributed by atoms with E-state index in [-0.39, 0.29) is 29.5 Å². The molecule has 1 atom stereocenters. The normalized spacial score (nSPS) is 13.1. The third-order valence-corrected chi connectivity index (χ3v) is 4.29. The number of hydrogen-bond donors (Lipinski definition) is 0. The van der Waals surface area contributed by atoms with E-state index < -0.39 is 0 Å². The summed E-state index contributed by atoms with van der Waals surface area (Å²) in [5.74, 6) is -0.693. The predicted octanol–water partition coefficient (Wildman–Crippen LogP) is 4.02. The molecule has 4 nitrogen and oxygen atoms in total. The van der Waals surface area contributed by atoms with E-state index in [1.807, 2.05) is 45.0 Å². The first-order chi connectivity index (χ1) is 12.3. The van der Waals surface area contributed by atoms with Gasteiger partial charge in [-0.25, -0.2) is 9.37 Å². The van der Waals surface area contributed by atoms with Gasteiger partial charge in [0.05, 0.1) is 29.2 Å². The maximum atomic E-state index is 13.4. The highest BCUT2D eigenvalue weighted by Crippen LogP contribution is 2.25. The molecule has 0 amide bonds. The van der Waals surface area contributed by atoms with Gasteiger partial charge in [-0.15, -0.1) is 0 Å². The van der Waals surface area contributed by atoms with Gasteiger partial charge in [-0.2, -0.15) is 0 Å². The molecule has 136 valence electrons. The lowest BCUT2D eigenvalue weighted by Gasteiger charge is -2.24. The molecule has 0 aliphatic rings. The zero-order valence-corrected chi connectivity index (χ0v) is 15.5. The van der Waals surface area contributed by atoms with Crippen molar-refractivity contribution >= 4 is 11.0 Å². The smallest absolute Gasteiger partial charge is 0.273 e. The maximum Gasteiger partial charge on any atom is 0.273 e. The van der Waals surface area contributed by atoms with Crippen LogP contribution in [0.25, 0.3) is 11.0 Å². The second kappa shape index (κ2) is 7.00. The largest absolute Gasteiger partial charge is 0.375 e. The average molecular weight is 354 g/mol. The van der Waals surface area contributed by atoms with Gasteiger partial charge < -0.3 is 9.30 Å². The van der Waals surface area contributed by atoms with Gasteiger partial charge in [0.1, 0.15) is 11.5 Å². The molecular weight excluding hydrogens is 331 g/mol. The number of halogens is 1. The number of rotatable bonds is 4. The standard InChI is InChI=1S/C21H23FN2O2/c1-21(2,3)26-13-16(14-9-11-15(22)12-10-14)19-20(25)24(4)18-8-6-5-7-17(18)23-19/h5-12,16H,13H2,1-4H3. The van der Waals surface area contributed by atoms with Crippen molar-refractivity contribution in [2.75, 3.05) is 6.61 Å². The fraction of sp³-hybridized carbons (Fsp3) is 0.333. The van der Waals surface area contributed by atoms with E-state index in [1.54, 1.807) is 23.7 Å². The highest BCUT2D eigenvalue weighted by atomic mass is 19.1. The molecule has 0 N–H and O–H groups in total. The van der Waals surface area contributed by atoms with Crippen molar-refractivity contribution < 1.29 is 9.13 Å². The Hall–Kier alpha value is -2.53. The number of benzene rings is 2. The number of aromatic nitrogens is 2. The summed E-state index contributed by atoms with van der Waals surface area (Å²) in [4.78, 5) is 17.6. The number of fused-ring (bicyclic) bond motifs is 1. The van der Waals surface area contributed by atoms with Crippen LogP contribution in [0, 0.1) is 5.82 Å². The molecule has 26 heavy (non-hydrogen) atoms. The summed E-state index contributed by atoms with van der Waals surface area (Å²) in [7, 11) is 1.74. The third kappa shape index (κ3) is 3.83. The van der Waals surface area contributed by atoms with Gasteiger partial charge in [0.2, 0.25) is 0 Å². The first-order valence-electron chi connectivity index (χ1n) is 8.61. The van der Waals surface area contributed by atoms with E-state index in [2.05, 4.69) is 4.98 Å². The van der Waals surface area contributed by atoms with E-state index >= 15 is 0 Å². The molecule has 2 aromatic carbocycles. The van der Waals surface area contributed by atoms with E-state index in [4.69, 9.17) is 4.74 Å². The number of nitrogens with zero attached hydrogens (tertiary/aromatic N) is 2. The molecule has 1 unspecified atom stereocenters. The summed E-state index contributed by atoms with van der Waals surface area (Å²) in [6.45, 7) is 6.16. The molecule has 0 aliphatic carbocycles. The van der Waals surface area contributed by atoms with Gasteiger partial charge in [0, 0.05) is 7.05 Å². The first kappa shape index (κ1) is 18.3. The van der Waals surface area contributed by atoms with Crippen molar-refractivity contribution in [2.45, 2.75) is 32.3 Å². The van der Waals surface area contributed by atoms with Gasteiger partial charge in [-0.1, -0.05) is 24.3 Å². The minimum atomic E-state index is -0.377. The molecule has 3 rings (SSSR count). The van der Waals surface area contributed by atoms with Crippen LogP contribution < -0.4 is 5.56 Å². The Morgan fingerprint density at radius 3 is 2.42 bits per heavy atom. The summed E-state index contributed by atoms with van der Waals surface area (Å²) in [5.41, 5.74) is 2.19. The maximum absolute atomic E-state index is 13.4. The lowest BCUT2D eigenvalue weighted by atomic mass is 9.96. The quantitative estimate of drug-likeness (QED) is 0.711. The van der Waals surface area contributed by atoms with Crippen LogP contribution in [-0.2, 0) is 11.8 Å². The van der Waals surface area contributed by atoms with Crippen molar-refractivity contribution in [3.8, 4) is 0 Å². The van der Waals surface area contributed by atoms with Gasteiger partial charge in [0.15, 0.2) is 0 Å². The predicted molar refractivity (Wildman–Crippen MR) is 101 cm³/mol. The van der Waals surface area contributed by atoms with Crippen LogP contribution in [0.4, 0.5) is 4.39 Å². The number of ether oxygens (including phenoxy) is 1. The van der Waals surface area contributed by atoms with E-state index in [0.29, 0.717) is 5.69 Å². The van der Waals surface area contributed by atoms with Crippen molar-refractivity contribution in [3.05, 3.63) is 76.0 Å². The highest BCUT2D eigenvalue weighted by molar-refractivity contribution is 5.74. The van der Waals surface area contributed by atoms with Crippen molar-refractivity contribution in [1.82, 2.24) is 9.55 Å². The third-order valence-electron chi connectivity index (χ3n) is 4.29. The molecule has 0 aliphatic heterocycles. The molecule has 0 bridgehead atoms. The summed E-state index contributed by atoms with van der Waals surface area (Å²) >= 11 is 0. The van der Waals surface area contributed by atoms with Crippen LogP contribution >= 0.6 is 0 Å². The van der Waals surface area contributed by atoms with Crippen molar-refractivity contribution in [3.63, 3.8) is 0 Å². The molecular formula is C21H23FN2O2. The number of aryl methyl sites for hydroxylation is 1. The van der Waals surface area contributed by atoms with E-state index in [0.717, 1.165) is 16.6 Å². The lowest BCUT2D eigenvalue weighted by Crippen LogP contribution is -2.30. The molecule has 0 saturated heterocycles. The summed E-state index contributed by atoms with van der Waals surface area (Å²) in [6.07, 6.45) is 0. The zero-order chi connectivity index (χ0) is 18.9. The minimum absolute atomic E-state index is 0.171.